The third-order valence-corrected chi connectivity index (χ3v) is 6.10. The molecule has 0 saturated heterocycles. The lowest BCUT2D eigenvalue weighted by molar-refractivity contribution is -0.129. The number of benzene rings is 1. The first-order chi connectivity index (χ1) is 15.7. The molecule has 0 unspecified atom stereocenters. The van der Waals surface area contributed by atoms with Gasteiger partial charge in [0.15, 0.2) is 0 Å². The second-order valence-corrected chi connectivity index (χ2v) is 9.25. The van der Waals surface area contributed by atoms with Gasteiger partial charge in [-0.2, -0.15) is 0 Å². The van der Waals surface area contributed by atoms with E-state index in [2.05, 4.69) is 15.6 Å². The van der Waals surface area contributed by atoms with E-state index in [9.17, 15) is 24.0 Å². The van der Waals surface area contributed by atoms with E-state index in [0.717, 1.165) is 15.8 Å². The van der Waals surface area contributed by atoms with Crippen LogP contribution in [0.15, 0.2) is 35.4 Å². The molecule has 0 radical (unpaired) electrons. The van der Waals surface area contributed by atoms with Crippen LogP contribution in [0.25, 0.3) is 10.9 Å². The molecule has 5 amide bonds. The number of pyridine rings is 1. The number of primary amides is 2. The monoisotopic (exact) mass is 492 g/mol. The van der Waals surface area contributed by atoms with Crippen molar-refractivity contribution in [2.45, 2.75) is 23.8 Å². The van der Waals surface area contributed by atoms with Gasteiger partial charge in [-0.05, 0) is 30.9 Å². The Kier molecular flexibility index (Phi) is 9.94. The molecular weight excluding hydrogens is 468 g/mol. The second-order valence-electron chi connectivity index (χ2n) is 6.81. The maximum Gasteiger partial charge on any atom is 0.240 e. The van der Waals surface area contributed by atoms with Crippen LogP contribution < -0.4 is 27.0 Å². The van der Waals surface area contributed by atoms with Crippen molar-refractivity contribution >= 4 is 68.2 Å². The van der Waals surface area contributed by atoms with Gasteiger partial charge in [-0.15, -0.1) is 0 Å². The van der Waals surface area contributed by atoms with E-state index >= 15 is 0 Å². The molecule has 0 aliphatic heterocycles. The molecule has 2 aromatic rings. The van der Waals surface area contributed by atoms with Crippen LogP contribution in [0.5, 0.6) is 0 Å². The summed E-state index contributed by atoms with van der Waals surface area (Å²) in [5, 5.41) is 5.53. The maximum atomic E-state index is 12.3. The lowest BCUT2D eigenvalue weighted by Crippen LogP contribution is -2.49. The van der Waals surface area contributed by atoms with E-state index in [1.807, 2.05) is 12.3 Å². The summed E-state index contributed by atoms with van der Waals surface area (Å²) in [7, 11) is 3.01. The van der Waals surface area contributed by atoms with E-state index in [0.29, 0.717) is 12.1 Å². The third-order valence-electron chi connectivity index (χ3n) is 4.40. The molecule has 0 aliphatic rings. The average Bonchev–Trinajstić information content (AvgIpc) is 2.78. The fourth-order valence-corrected chi connectivity index (χ4v) is 4.38. The van der Waals surface area contributed by atoms with Crippen LogP contribution in [-0.2, 0) is 24.0 Å². The zero-order valence-electron chi connectivity index (χ0n) is 17.8. The molecule has 176 valence electrons. The summed E-state index contributed by atoms with van der Waals surface area (Å²) in [5.74, 6) is -2.73. The SMILES string of the molecule is CSSc1cc(N(C=O)CC(=O)NCC(=O)N[C@@H](CCC(N)=O)C(N)=O)cc2cccnc12. The number of carbonyl (C=O) groups is 5. The number of amides is 5. The molecular formula is C20H24N6O5S2. The molecule has 0 saturated carbocycles. The number of nitrogens with two attached hydrogens (primary N) is 2. The van der Waals surface area contributed by atoms with E-state index in [4.69, 9.17) is 11.5 Å². The van der Waals surface area contributed by atoms with Gasteiger partial charge in [0.25, 0.3) is 0 Å². The van der Waals surface area contributed by atoms with Crippen LogP contribution in [0.2, 0.25) is 0 Å². The number of fused-ring (bicyclic) bond motifs is 1. The van der Waals surface area contributed by atoms with Crippen molar-refractivity contribution in [2.24, 2.45) is 11.5 Å². The molecule has 1 aromatic heterocycles. The Balaban J connectivity index is 2.01. The number of rotatable bonds is 13. The standard InChI is InChI=1S/C20H24N6O5S2/c1-32-33-15-8-13(7-12-3-2-6-23-19(12)15)26(11-27)10-18(30)24-9-17(29)25-14(20(22)31)4-5-16(21)28/h2-3,6-8,11,14H,4-5,9-10H2,1H3,(H2,21,28)(H2,22,31)(H,24,30)(H,25,29)/t14-/m0/s1. The summed E-state index contributed by atoms with van der Waals surface area (Å²) in [6.45, 7) is -0.770. The molecule has 11 nitrogen and oxygen atoms in total. The van der Waals surface area contributed by atoms with E-state index in [-0.39, 0.29) is 19.4 Å². The predicted molar refractivity (Wildman–Crippen MR) is 127 cm³/mol. The smallest absolute Gasteiger partial charge is 0.240 e. The number of hydrogen-bond donors (Lipinski definition) is 4. The Bertz CT molecular complexity index is 1050. The Morgan fingerprint density at radius 3 is 2.61 bits per heavy atom. The Hall–Kier alpha value is -3.32. The number of anilines is 1. The molecule has 1 atom stereocenters. The molecule has 0 bridgehead atoms. The van der Waals surface area contributed by atoms with Crippen LogP contribution in [-0.4, -0.2) is 60.4 Å². The van der Waals surface area contributed by atoms with Crippen molar-refractivity contribution in [3.63, 3.8) is 0 Å². The fourth-order valence-electron chi connectivity index (χ4n) is 2.86. The van der Waals surface area contributed by atoms with Crippen molar-refractivity contribution in [1.29, 1.82) is 0 Å². The third kappa shape index (κ3) is 7.95. The number of hydrogen-bond acceptors (Lipinski definition) is 8. The Labute approximate surface area is 197 Å². The van der Waals surface area contributed by atoms with Gasteiger partial charge in [-0.1, -0.05) is 27.7 Å². The van der Waals surface area contributed by atoms with Crippen LogP contribution in [0, 0.1) is 0 Å². The first-order valence-corrected chi connectivity index (χ1v) is 12.3. The topological polar surface area (TPSA) is 178 Å². The number of carbonyl (C=O) groups excluding carboxylic acids is 5. The summed E-state index contributed by atoms with van der Waals surface area (Å²) in [6, 6.07) is 6.06. The Morgan fingerprint density at radius 2 is 1.97 bits per heavy atom. The van der Waals surface area contributed by atoms with Gasteiger partial charge >= 0.3 is 0 Å². The molecule has 0 aliphatic carbocycles. The molecule has 13 heteroatoms. The van der Waals surface area contributed by atoms with Crippen molar-refractivity contribution in [2.75, 3.05) is 24.2 Å². The van der Waals surface area contributed by atoms with Crippen LogP contribution in [0.1, 0.15) is 12.8 Å². The zero-order chi connectivity index (χ0) is 24.4. The normalized spacial score (nSPS) is 11.4. The molecule has 1 heterocycles. The highest BCUT2D eigenvalue weighted by Gasteiger charge is 2.20. The van der Waals surface area contributed by atoms with Crippen molar-refractivity contribution in [3.05, 3.63) is 30.5 Å². The van der Waals surface area contributed by atoms with Crippen molar-refractivity contribution in [3.8, 4) is 0 Å². The second kappa shape index (κ2) is 12.6. The summed E-state index contributed by atoms with van der Waals surface area (Å²) in [6.07, 6.45) is 3.94. The first-order valence-electron chi connectivity index (χ1n) is 9.70. The quantitative estimate of drug-likeness (QED) is 0.221. The zero-order valence-corrected chi connectivity index (χ0v) is 19.4. The number of nitrogens with zero attached hydrogens (tertiary/aromatic N) is 2. The average molecular weight is 493 g/mol. The van der Waals surface area contributed by atoms with Gasteiger partial charge in [0, 0.05) is 28.6 Å². The minimum absolute atomic E-state index is 0.0452. The summed E-state index contributed by atoms with van der Waals surface area (Å²) in [5.41, 5.74) is 11.5. The van der Waals surface area contributed by atoms with Gasteiger partial charge in [0.05, 0.1) is 12.1 Å². The molecule has 2 rings (SSSR count). The minimum atomic E-state index is -1.09. The number of nitrogens with one attached hydrogen (secondary N) is 2. The number of aromatic nitrogens is 1. The summed E-state index contributed by atoms with van der Waals surface area (Å²) in [4.78, 5) is 64.8. The maximum absolute atomic E-state index is 12.3. The molecule has 1 aromatic carbocycles. The lowest BCUT2D eigenvalue weighted by Gasteiger charge is -2.19. The summed E-state index contributed by atoms with van der Waals surface area (Å²) < 4.78 is 0. The van der Waals surface area contributed by atoms with Crippen LogP contribution in [0.3, 0.4) is 0 Å². The molecule has 0 spiro atoms. The Morgan fingerprint density at radius 1 is 1.21 bits per heavy atom. The highest BCUT2D eigenvalue weighted by atomic mass is 33.1. The van der Waals surface area contributed by atoms with E-state index < -0.39 is 36.2 Å². The predicted octanol–water partition coefficient (Wildman–Crippen LogP) is -0.0805. The van der Waals surface area contributed by atoms with Gasteiger partial charge < -0.3 is 27.0 Å². The lowest BCUT2D eigenvalue weighted by atomic mass is 10.1. The van der Waals surface area contributed by atoms with Crippen molar-refractivity contribution in [1.82, 2.24) is 15.6 Å². The van der Waals surface area contributed by atoms with E-state index in [1.54, 1.807) is 24.4 Å². The first kappa shape index (κ1) is 25.9. The highest BCUT2D eigenvalue weighted by molar-refractivity contribution is 8.76. The van der Waals surface area contributed by atoms with Crippen molar-refractivity contribution < 1.29 is 24.0 Å². The fraction of sp³-hybridized carbons (Fsp3) is 0.300. The van der Waals surface area contributed by atoms with Gasteiger partial charge in [-0.3, -0.25) is 29.0 Å². The van der Waals surface area contributed by atoms with Gasteiger partial charge in [-0.25, -0.2) is 0 Å². The summed E-state index contributed by atoms with van der Waals surface area (Å²) >= 11 is 0. The minimum Gasteiger partial charge on any atom is -0.370 e. The highest BCUT2D eigenvalue weighted by Crippen LogP contribution is 2.36. The van der Waals surface area contributed by atoms with Gasteiger partial charge in [0.1, 0.15) is 12.6 Å². The molecule has 0 fully saturated rings. The van der Waals surface area contributed by atoms with E-state index in [1.165, 1.54) is 26.5 Å². The molecule has 6 N–H and O–H groups in total. The molecule has 33 heavy (non-hydrogen) atoms. The van der Waals surface area contributed by atoms with Gasteiger partial charge in [0.2, 0.25) is 30.0 Å². The van der Waals surface area contributed by atoms with Crippen LogP contribution in [0.4, 0.5) is 5.69 Å². The largest absolute Gasteiger partial charge is 0.370 e. The van der Waals surface area contributed by atoms with Crippen LogP contribution >= 0.6 is 21.6 Å².